The number of likely N-dealkylation sites (tertiary alicyclic amines) is 1. The predicted octanol–water partition coefficient (Wildman–Crippen LogP) is 5.88. The third kappa shape index (κ3) is 8.63. The zero-order valence-electron chi connectivity index (χ0n) is 29.2. The fourth-order valence-electron chi connectivity index (χ4n) is 7.16. The van der Waals surface area contributed by atoms with Gasteiger partial charge < -0.3 is 35.0 Å². The molecule has 1 aliphatic heterocycles. The van der Waals surface area contributed by atoms with Gasteiger partial charge in [-0.2, -0.15) is 0 Å². The van der Waals surface area contributed by atoms with E-state index in [9.17, 15) is 19.8 Å². The summed E-state index contributed by atoms with van der Waals surface area (Å²) in [7, 11) is 1.68. The first-order valence-corrected chi connectivity index (χ1v) is 16.7. The number of hydrogen-bond acceptors (Lipinski definition) is 6. The average molecular weight is 661 g/mol. The molecule has 0 spiro atoms. The van der Waals surface area contributed by atoms with Crippen molar-refractivity contribution in [3.05, 3.63) is 94.5 Å². The number of nitrogens with zero attached hydrogens (tertiary/aromatic N) is 1. The molecule has 1 aliphatic rings. The second-order valence-corrected chi connectivity index (χ2v) is 14.2. The maximum atomic E-state index is 12.8. The van der Waals surface area contributed by atoms with Crippen LogP contribution in [0.4, 0.5) is 4.79 Å². The van der Waals surface area contributed by atoms with E-state index in [0.717, 1.165) is 38.9 Å². The minimum atomic E-state index is -1.33. The molecule has 1 unspecified atom stereocenters. The van der Waals surface area contributed by atoms with Crippen molar-refractivity contribution < 1.29 is 34.4 Å². The van der Waals surface area contributed by atoms with Crippen molar-refractivity contribution in [2.75, 3.05) is 40.0 Å². The quantitative estimate of drug-likeness (QED) is 0.180. The number of carboxylic acid groups (broad SMARTS) is 1. The van der Waals surface area contributed by atoms with Gasteiger partial charge in [0, 0.05) is 38.1 Å². The van der Waals surface area contributed by atoms with Crippen molar-refractivity contribution in [3.8, 4) is 11.1 Å². The summed E-state index contributed by atoms with van der Waals surface area (Å²) in [5, 5.41) is 34.9. The summed E-state index contributed by atoms with van der Waals surface area (Å²) < 4.78 is 11.1. The van der Waals surface area contributed by atoms with Gasteiger partial charge in [0.25, 0.3) is 0 Å². The first-order valence-electron chi connectivity index (χ1n) is 16.7. The zero-order valence-corrected chi connectivity index (χ0v) is 29.2. The molecule has 0 aliphatic carbocycles. The van der Waals surface area contributed by atoms with E-state index in [1.807, 2.05) is 88.4 Å². The van der Waals surface area contributed by atoms with E-state index in [0.29, 0.717) is 32.8 Å². The van der Waals surface area contributed by atoms with E-state index < -0.39 is 41.6 Å². The molecule has 0 saturated carbocycles. The average Bonchev–Trinajstić information content (AvgIpc) is 3.04. The number of methoxy groups -OCH3 is 1. The summed E-state index contributed by atoms with van der Waals surface area (Å²) in [4.78, 5) is 25.7. The lowest BCUT2D eigenvalue weighted by Gasteiger charge is -2.54. The van der Waals surface area contributed by atoms with Crippen molar-refractivity contribution in [2.45, 2.75) is 71.6 Å². The monoisotopic (exact) mass is 660 g/mol. The number of hydrogen-bond donors (Lipinski definition) is 4. The first-order chi connectivity index (χ1) is 22.8. The number of rotatable bonds is 13. The Balaban J connectivity index is 1.72. The molecule has 9 heteroatoms. The second-order valence-electron chi connectivity index (χ2n) is 14.2. The Morgan fingerprint density at radius 1 is 1.06 bits per heavy atom. The standard InChI is InChI=1S/C39H52N2O7/c1-26(23-47-6)24-48-25-28-11-14-31(15-12-28)39(46)18-20-41(37(44)45)36(38(3,4)5)35(39)32-16-13-30(21-27(32)2)33-10-8-7-9-29(33)17-19-40-34(43)22-42/h7-16,21,26,35-36,42,46H,17-20,22-25H2,1-6H3,(H,40,43)(H,44,45)/t26-,35-,36?,39-/m0/s1. The highest BCUT2D eigenvalue weighted by Crippen LogP contribution is 2.52. The largest absolute Gasteiger partial charge is 0.465 e. The number of aryl methyl sites for hydroxylation is 1. The van der Waals surface area contributed by atoms with Gasteiger partial charge in [-0.15, -0.1) is 0 Å². The van der Waals surface area contributed by atoms with E-state index in [-0.39, 0.29) is 18.9 Å². The van der Waals surface area contributed by atoms with Crippen LogP contribution in [-0.4, -0.2) is 78.3 Å². The zero-order chi connectivity index (χ0) is 35.1. The fraction of sp³-hybridized carbons (Fsp3) is 0.487. The van der Waals surface area contributed by atoms with Gasteiger partial charge in [-0.1, -0.05) is 94.4 Å². The SMILES string of the molecule is COC[C@H](C)COCc1ccc([C@@]2(O)CCN(C(=O)O)C(C(C)(C)C)[C@@H]2c2ccc(-c3ccccc3CCNC(=O)CO)cc2C)cc1. The molecule has 0 aromatic heterocycles. The fourth-order valence-corrected chi connectivity index (χ4v) is 7.16. The summed E-state index contributed by atoms with van der Waals surface area (Å²) in [6.07, 6.45) is -0.142. The second kappa shape index (κ2) is 16.1. The smallest absolute Gasteiger partial charge is 0.407 e. The van der Waals surface area contributed by atoms with Crippen molar-refractivity contribution >= 4 is 12.0 Å². The van der Waals surface area contributed by atoms with Crippen LogP contribution in [-0.2, 0) is 32.9 Å². The van der Waals surface area contributed by atoms with Crippen LogP contribution in [0.5, 0.6) is 0 Å². The summed E-state index contributed by atoms with van der Waals surface area (Å²) in [6, 6.07) is 21.6. The third-order valence-corrected chi connectivity index (χ3v) is 9.40. The van der Waals surface area contributed by atoms with Gasteiger partial charge in [-0.05, 0) is 64.1 Å². The van der Waals surface area contributed by atoms with Crippen molar-refractivity contribution in [1.82, 2.24) is 10.2 Å². The Labute approximate surface area is 284 Å². The van der Waals surface area contributed by atoms with E-state index in [4.69, 9.17) is 14.6 Å². The van der Waals surface area contributed by atoms with Gasteiger partial charge in [0.05, 0.1) is 19.8 Å². The van der Waals surface area contributed by atoms with Crippen LogP contribution in [0.25, 0.3) is 11.1 Å². The third-order valence-electron chi connectivity index (χ3n) is 9.40. The van der Waals surface area contributed by atoms with Gasteiger partial charge in [0.1, 0.15) is 12.2 Å². The molecule has 4 N–H and O–H groups in total. The summed E-state index contributed by atoms with van der Waals surface area (Å²) >= 11 is 0. The molecule has 9 nitrogen and oxygen atoms in total. The van der Waals surface area contributed by atoms with E-state index in [1.165, 1.54) is 4.90 Å². The number of ether oxygens (including phenoxy) is 2. The molecule has 0 bridgehead atoms. The highest BCUT2D eigenvalue weighted by Gasteiger charge is 2.54. The number of aliphatic hydroxyl groups excluding tert-OH is 1. The van der Waals surface area contributed by atoms with Crippen LogP contribution in [0.2, 0.25) is 0 Å². The Morgan fingerprint density at radius 2 is 1.77 bits per heavy atom. The highest BCUT2D eigenvalue weighted by atomic mass is 16.5. The maximum absolute atomic E-state index is 12.8. The topological polar surface area (TPSA) is 129 Å². The lowest BCUT2D eigenvalue weighted by Crippen LogP contribution is -2.60. The van der Waals surface area contributed by atoms with Crippen LogP contribution in [0.3, 0.4) is 0 Å². The highest BCUT2D eigenvalue weighted by molar-refractivity contribution is 5.77. The summed E-state index contributed by atoms with van der Waals surface area (Å²) in [6.45, 7) is 11.9. The van der Waals surface area contributed by atoms with E-state index in [2.05, 4.69) is 18.3 Å². The number of piperidine rings is 1. The molecule has 3 aromatic rings. The number of amides is 2. The van der Waals surface area contributed by atoms with Crippen molar-refractivity contribution in [1.29, 1.82) is 0 Å². The van der Waals surface area contributed by atoms with Gasteiger partial charge in [-0.25, -0.2) is 4.79 Å². The lowest BCUT2D eigenvalue weighted by atomic mass is 9.62. The minimum absolute atomic E-state index is 0.212. The predicted molar refractivity (Wildman–Crippen MR) is 187 cm³/mol. The molecule has 1 heterocycles. The first kappa shape index (κ1) is 37.1. The molecule has 2 amide bonds. The normalized spacial score (nSPS) is 20.4. The van der Waals surface area contributed by atoms with E-state index >= 15 is 0 Å². The molecule has 1 saturated heterocycles. The summed E-state index contributed by atoms with van der Waals surface area (Å²) in [5.41, 5.74) is 4.86. The molecular weight excluding hydrogens is 608 g/mol. The van der Waals surface area contributed by atoms with E-state index in [1.54, 1.807) is 7.11 Å². The molecular formula is C39H52N2O7. The van der Waals surface area contributed by atoms with Gasteiger partial charge in [0.2, 0.25) is 5.91 Å². The number of benzene rings is 3. The Kier molecular flexibility index (Phi) is 12.4. The molecule has 1 fully saturated rings. The summed E-state index contributed by atoms with van der Waals surface area (Å²) in [5.74, 6) is -0.670. The molecule has 4 rings (SSSR count). The number of carbonyl (C=O) groups excluding carboxylic acids is 1. The minimum Gasteiger partial charge on any atom is -0.465 e. The van der Waals surface area contributed by atoms with Gasteiger partial charge in [-0.3, -0.25) is 4.79 Å². The number of aliphatic hydroxyl groups is 2. The van der Waals surface area contributed by atoms with Crippen LogP contribution >= 0.6 is 0 Å². The van der Waals surface area contributed by atoms with Crippen LogP contribution < -0.4 is 5.32 Å². The Morgan fingerprint density at radius 3 is 2.40 bits per heavy atom. The Bertz CT molecular complexity index is 1530. The number of carbonyl (C=O) groups is 2. The molecule has 0 radical (unpaired) electrons. The number of nitrogens with one attached hydrogen (secondary N) is 1. The maximum Gasteiger partial charge on any atom is 0.407 e. The van der Waals surface area contributed by atoms with Crippen LogP contribution in [0.15, 0.2) is 66.7 Å². The molecule has 48 heavy (non-hydrogen) atoms. The van der Waals surface area contributed by atoms with Crippen LogP contribution in [0.1, 0.15) is 67.9 Å². The molecule has 260 valence electrons. The Hall–Kier alpha value is -3.76. The lowest BCUT2D eigenvalue weighted by molar-refractivity contribution is -0.123. The van der Waals surface area contributed by atoms with Crippen molar-refractivity contribution in [3.63, 3.8) is 0 Å². The van der Waals surface area contributed by atoms with Gasteiger partial charge >= 0.3 is 6.09 Å². The molecule has 4 atom stereocenters. The molecule has 3 aromatic carbocycles. The van der Waals surface area contributed by atoms with Crippen LogP contribution in [0, 0.1) is 18.3 Å². The van der Waals surface area contributed by atoms with Crippen molar-refractivity contribution in [2.24, 2.45) is 11.3 Å². The van der Waals surface area contributed by atoms with Gasteiger partial charge in [0.15, 0.2) is 0 Å².